The van der Waals surface area contributed by atoms with Crippen molar-refractivity contribution in [2.24, 2.45) is 5.41 Å². The number of rotatable bonds is 4. The first-order valence-electron chi connectivity index (χ1n) is 10.6. The number of ketones is 1. The van der Waals surface area contributed by atoms with E-state index in [9.17, 15) is 27.6 Å². The van der Waals surface area contributed by atoms with Crippen LogP contribution in [0.5, 0.6) is 0 Å². The average Bonchev–Trinajstić information content (AvgIpc) is 3.29. The number of benzene rings is 1. The van der Waals surface area contributed by atoms with Gasteiger partial charge in [-0.2, -0.15) is 13.2 Å². The Morgan fingerprint density at radius 1 is 1.19 bits per heavy atom. The van der Waals surface area contributed by atoms with Gasteiger partial charge in [-0.15, -0.1) is 0 Å². The van der Waals surface area contributed by atoms with Crippen LogP contribution in [-0.2, 0) is 14.3 Å². The van der Waals surface area contributed by atoms with E-state index in [1.54, 1.807) is 19.9 Å². The number of carbonyl (C=O) groups is 3. The predicted molar refractivity (Wildman–Crippen MR) is 108 cm³/mol. The number of nitrogens with one attached hydrogen (secondary N) is 1. The Kier molecular flexibility index (Phi) is 5.43. The predicted octanol–water partition coefficient (Wildman–Crippen LogP) is 3.38. The van der Waals surface area contributed by atoms with Crippen molar-refractivity contribution in [1.82, 2.24) is 10.2 Å². The molecule has 1 aromatic rings. The standard InChI is InChI=1S/C23H25F3N2O4/c1-21(2)11-16-18(17(29)12-21)22(23(24,25)26,27-19(30)14-7-4-3-5-8-14)20(31)28(16)13-15-9-6-10-32-15/h3-5,7-8,15H,6,9-13H2,1-2H3,(H,27,30)/t15-,22-/m0/s1. The number of Topliss-reactive ketones (excluding diaryl/α,β-unsaturated/α-hetero) is 1. The molecule has 2 heterocycles. The molecule has 32 heavy (non-hydrogen) atoms. The molecule has 2 amide bonds. The van der Waals surface area contributed by atoms with Gasteiger partial charge in [-0.3, -0.25) is 14.4 Å². The normalized spacial score (nSPS) is 27.7. The van der Waals surface area contributed by atoms with Crippen LogP contribution in [0.15, 0.2) is 41.6 Å². The number of alkyl halides is 3. The van der Waals surface area contributed by atoms with E-state index in [1.165, 1.54) is 24.3 Å². The number of nitrogens with zero attached hydrogens (tertiary/aromatic N) is 1. The molecule has 0 aromatic heterocycles. The Bertz CT molecular complexity index is 981. The molecule has 172 valence electrons. The SMILES string of the molecule is CC1(C)CC(=O)C2=C(C1)N(C[C@@H]1CCCO1)C(=O)[C@]2(NC(=O)c1ccccc1)C(F)(F)F. The molecular formula is C23H25F3N2O4. The fourth-order valence-electron chi connectivity index (χ4n) is 4.84. The molecule has 1 aliphatic carbocycles. The number of hydrogen-bond acceptors (Lipinski definition) is 4. The number of hydrogen-bond donors (Lipinski definition) is 1. The minimum absolute atomic E-state index is 0.0350. The van der Waals surface area contributed by atoms with Gasteiger partial charge >= 0.3 is 6.18 Å². The third-order valence-corrected chi connectivity index (χ3v) is 6.29. The zero-order valence-electron chi connectivity index (χ0n) is 17.9. The molecule has 0 radical (unpaired) electrons. The van der Waals surface area contributed by atoms with Crippen molar-refractivity contribution in [3.63, 3.8) is 0 Å². The summed E-state index contributed by atoms with van der Waals surface area (Å²) in [4.78, 5) is 40.4. The summed E-state index contributed by atoms with van der Waals surface area (Å²) in [5.41, 5.74) is -4.68. The lowest BCUT2D eigenvalue weighted by Gasteiger charge is -2.35. The number of halogens is 3. The zero-order chi connectivity index (χ0) is 23.3. The van der Waals surface area contributed by atoms with E-state index < -0.39 is 46.4 Å². The summed E-state index contributed by atoms with van der Waals surface area (Å²) < 4.78 is 49.6. The molecule has 4 rings (SSSR count). The van der Waals surface area contributed by atoms with Crippen LogP contribution >= 0.6 is 0 Å². The highest BCUT2D eigenvalue weighted by Gasteiger charge is 2.71. The maximum atomic E-state index is 14.7. The van der Waals surface area contributed by atoms with Gasteiger partial charge in [-0.1, -0.05) is 32.0 Å². The summed E-state index contributed by atoms with van der Waals surface area (Å²) in [6.45, 7) is 3.94. The molecule has 0 saturated carbocycles. The second-order valence-corrected chi connectivity index (χ2v) is 9.38. The average molecular weight is 450 g/mol. The van der Waals surface area contributed by atoms with Crippen LogP contribution in [0.2, 0.25) is 0 Å². The Morgan fingerprint density at radius 2 is 1.88 bits per heavy atom. The van der Waals surface area contributed by atoms with E-state index >= 15 is 0 Å². The van der Waals surface area contributed by atoms with Crippen molar-refractivity contribution in [2.75, 3.05) is 13.2 Å². The van der Waals surface area contributed by atoms with E-state index in [0.29, 0.717) is 13.0 Å². The summed E-state index contributed by atoms with van der Waals surface area (Å²) >= 11 is 0. The minimum Gasteiger partial charge on any atom is -0.376 e. The number of carbonyl (C=O) groups excluding carboxylic acids is 3. The first kappa shape index (κ1) is 22.5. The van der Waals surface area contributed by atoms with Crippen LogP contribution in [0.25, 0.3) is 0 Å². The van der Waals surface area contributed by atoms with Gasteiger partial charge in [0.25, 0.3) is 11.8 Å². The topological polar surface area (TPSA) is 75.7 Å². The van der Waals surface area contributed by atoms with E-state index in [-0.39, 0.29) is 30.6 Å². The third-order valence-electron chi connectivity index (χ3n) is 6.29. The molecule has 1 aromatic carbocycles. The fourth-order valence-corrected chi connectivity index (χ4v) is 4.84. The van der Waals surface area contributed by atoms with Gasteiger partial charge in [0.15, 0.2) is 5.78 Å². The second-order valence-electron chi connectivity index (χ2n) is 9.38. The molecule has 0 bridgehead atoms. The van der Waals surface area contributed by atoms with E-state index in [1.807, 2.05) is 5.32 Å². The molecule has 0 unspecified atom stereocenters. The van der Waals surface area contributed by atoms with Crippen LogP contribution in [0.4, 0.5) is 13.2 Å². The summed E-state index contributed by atoms with van der Waals surface area (Å²) in [5.74, 6) is -3.19. The number of allylic oxidation sites excluding steroid dienone is 1. The summed E-state index contributed by atoms with van der Waals surface area (Å²) in [7, 11) is 0. The smallest absolute Gasteiger partial charge is 0.376 e. The minimum atomic E-state index is -5.21. The Labute approximate surface area is 183 Å². The van der Waals surface area contributed by atoms with E-state index in [2.05, 4.69) is 0 Å². The maximum Gasteiger partial charge on any atom is 0.425 e. The van der Waals surface area contributed by atoms with Gasteiger partial charge in [-0.25, -0.2) is 0 Å². The van der Waals surface area contributed by atoms with Gasteiger partial charge in [0.2, 0.25) is 5.54 Å². The van der Waals surface area contributed by atoms with Crippen molar-refractivity contribution in [3.8, 4) is 0 Å². The molecular weight excluding hydrogens is 425 g/mol. The lowest BCUT2D eigenvalue weighted by molar-refractivity contribution is -0.191. The first-order valence-corrected chi connectivity index (χ1v) is 10.6. The van der Waals surface area contributed by atoms with Crippen molar-refractivity contribution in [2.45, 2.75) is 57.3 Å². The summed E-state index contributed by atoms with van der Waals surface area (Å²) in [6, 6.07) is 7.34. The van der Waals surface area contributed by atoms with Crippen molar-refractivity contribution >= 4 is 17.6 Å². The zero-order valence-corrected chi connectivity index (χ0v) is 17.9. The molecule has 2 atom stereocenters. The van der Waals surface area contributed by atoms with Crippen molar-refractivity contribution in [3.05, 3.63) is 47.2 Å². The third kappa shape index (κ3) is 3.62. The van der Waals surface area contributed by atoms with Gasteiger partial charge in [0, 0.05) is 24.3 Å². The molecule has 1 N–H and O–H groups in total. The lowest BCUT2D eigenvalue weighted by atomic mass is 9.72. The van der Waals surface area contributed by atoms with Crippen LogP contribution in [0.3, 0.4) is 0 Å². The molecule has 6 nitrogen and oxygen atoms in total. The molecule has 1 saturated heterocycles. The van der Waals surface area contributed by atoms with Crippen molar-refractivity contribution < 1.29 is 32.3 Å². The monoisotopic (exact) mass is 450 g/mol. The largest absolute Gasteiger partial charge is 0.425 e. The number of ether oxygens (including phenoxy) is 1. The second kappa shape index (κ2) is 7.72. The highest BCUT2D eigenvalue weighted by molar-refractivity contribution is 6.14. The highest BCUT2D eigenvalue weighted by Crippen LogP contribution is 2.52. The maximum absolute atomic E-state index is 14.7. The Hall–Kier alpha value is -2.68. The number of amides is 2. The summed E-state index contributed by atoms with van der Waals surface area (Å²) in [6.07, 6.45) is -4.30. The van der Waals surface area contributed by atoms with Crippen LogP contribution in [-0.4, -0.2) is 53.5 Å². The molecule has 1 fully saturated rings. The first-order chi connectivity index (χ1) is 15.0. The molecule has 3 aliphatic rings. The fraction of sp³-hybridized carbons (Fsp3) is 0.522. The van der Waals surface area contributed by atoms with Crippen LogP contribution < -0.4 is 5.32 Å². The lowest BCUT2D eigenvalue weighted by Crippen LogP contribution is -2.66. The highest BCUT2D eigenvalue weighted by atomic mass is 19.4. The van der Waals surface area contributed by atoms with E-state index in [4.69, 9.17) is 4.74 Å². The quantitative estimate of drug-likeness (QED) is 0.763. The van der Waals surface area contributed by atoms with E-state index in [0.717, 1.165) is 11.3 Å². The van der Waals surface area contributed by atoms with Gasteiger partial charge < -0.3 is 15.0 Å². The Morgan fingerprint density at radius 3 is 2.47 bits per heavy atom. The molecule has 2 aliphatic heterocycles. The molecule has 9 heteroatoms. The van der Waals surface area contributed by atoms with Gasteiger partial charge in [-0.05, 0) is 36.8 Å². The molecule has 0 spiro atoms. The van der Waals surface area contributed by atoms with Gasteiger partial charge in [0.05, 0.1) is 18.2 Å². The van der Waals surface area contributed by atoms with Crippen molar-refractivity contribution in [1.29, 1.82) is 0 Å². The van der Waals surface area contributed by atoms with Crippen LogP contribution in [0.1, 0.15) is 49.9 Å². The Balaban J connectivity index is 1.84. The summed E-state index contributed by atoms with van der Waals surface area (Å²) in [5, 5.41) is 1.94. The van der Waals surface area contributed by atoms with Gasteiger partial charge in [0.1, 0.15) is 0 Å². The van der Waals surface area contributed by atoms with Crippen LogP contribution in [0, 0.1) is 5.41 Å².